The maximum Gasteiger partial charge on any atom is 0.263 e. The highest BCUT2D eigenvalue weighted by atomic mass is 32.2. The summed E-state index contributed by atoms with van der Waals surface area (Å²) < 4.78 is 27.1. The Labute approximate surface area is 167 Å². The minimum atomic E-state index is -3.65. The van der Waals surface area contributed by atoms with Crippen LogP contribution in [0, 0.1) is 0 Å². The van der Waals surface area contributed by atoms with Crippen LogP contribution in [0.2, 0.25) is 0 Å². The zero-order chi connectivity index (χ0) is 19.1. The van der Waals surface area contributed by atoms with E-state index >= 15 is 0 Å². The van der Waals surface area contributed by atoms with Gasteiger partial charge in [0.15, 0.2) is 10.2 Å². The van der Waals surface area contributed by atoms with Gasteiger partial charge in [0.1, 0.15) is 0 Å². The molecule has 140 valence electrons. The summed E-state index contributed by atoms with van der Waals surface area (Å²) in [5.41, 5.74) is 1.94. The molecule has 0 unspecified atom stereocenters. The highest BCUT2D eigenvalue weighted by Crippen LogP contribution is 2.19. The molecular weight excluding hydrogens is 400 g/mol. The minimum absolute atomic E-state index is 0.159. The Kier molecular flexibility index (Phi) is 6.38. The molecule has 0 fully saturated rings. The van der Waals surface area contributed by atoms with Crippen molar-refractivity contribution in [1.29, 1.82) is 0 Å². The first-order chi connectivity index (χ1) is 13.0. The Morgan fingerprint density at radius 3 is 2.48 bits per heavy atom. The highest BCUT2D eigenvalue weighted by Gasteiger charge is 2.15. The van der Waals surface area contributed by atoms with E-state index in [4.69, 9.17) is 12.2 Å². The predicted octanol–water partition coefficient (Wildman–Crippen LogP) is 3.47. The summed E-state index contributed by atoms with van der Waals surface area (Å²) in [5.74, 6) is 0. The van der Waals surface area contributed by atoms with Gasteiger partial charge in [0, 0.05) is 23.8 Å². The number of aromatic nitrogens is 1. The number of hydrogen-bond acceptors (Lipinski definition) is 5. The summed E-state index contributed by atoms with van der Waals surface area (Å²) in [7, 11) is -3.65. The van der Waals surface area contributed by atoms with Crippen LogP contribution in [0.5, 0.6) is 0 Å². The van der Waals surface area contributed by atoms with E-state index in [1.165, 1.54) is 29.0 Å². The van der Waals surface area contributed by atoms with Gasteiger partial charge in [0.05, 0.1) is 4.90 Å². The first kappa shape index (κ1) is 19.3. The van der Waals surface area contributed by atoms with Crippen LogP contribution < -0.4 is 15.4 Å². The average Bonchev–Trinajstić information content (AvgIpc) is 3.15. The number of thiazole rings is 1. The first-order valence-electron chi connectivity index (χ1n) is 8.14. The number of anilines is 2. The molecule has 0 aliphatic rings. The minimum Gasteiger partial charge on any atom is -0.362 e. The molecule has 0 spiro atoms. The fraction of sp³-hybridized carbons (Fsp3) is 0.111. The van der Waals surface area contributed by atoms with Crippen LogP contribution in [0.15, 0.2) is 71.1 Å². The van der Waals surface area contributed by atoms with Crippen molar-refractivity contribution in [2.24, 2.45) is 0 Å². The van der Waals surface area contributed by atoms with Crippen LogP contribution in [-0.4, -0.2) is 25.1 Å². The standard InChI is InChI=1S/C18H18N4O2S3/c23-27(24,22-18-20-12-13-26-18)16-8-6-15(7-9-16)21-17(25)19-11-10-14-4-2-1-3-5-14/h1-9,12-13H,10-11H2,(H,20,22)(H2,19,21,25). The lowest BCUT2D eigenvalue weighted by Gasteiger charge is -2.11. The van der Waals surface area contributed by atoms with E-state index in [0.717, 1.165) is 6.42 Å². The summed E-state index contributed by atoms with van der Waals surface area (Å²) in [4.78, 5) is 4.08. The smallest absolute Gasteiger partial charge is 0.263 e. The molecule has 0 aliphatic carbocycles. The van der Waals surface area contributed by atoms with Gasteiger partial charge in [-0.3, -0.25) is 4.72 Å². The van der Waals surface area contributed by atoms with Crippen LogP contribution in [0.4, 0.5) is 10.8 Å². The largest absolute Gasteiger partial charge is 0.362 e. The predicted molar refractivity (Wildman–Crippen MR) is 114 cm³/mol. The van der Waals surface area contributed by atoms with Crippen molar-refractivity contribution in [3.8, 4) is 0 Å². The number of thiocarbonyl (C=S) groups is 1. The lowest BCUT2D eigenvalue weighted by atomic mass is 10.1. The van der Waals surface area contributed by atoms with Crippen molar-refractivity contribution >= 4 is 49.5 Å². The lowest BCUT2D eigenvalue weighted by Crippen LogP contribution is -2.30. The first-order valence-corrected chi connectivity index (χ1v) is 10.9. The summed E-state index contributed by atoms with van der Waals surface area (Å²) in [6, 6.07) is 16.5. The Balaban J connectivity index is 1.51. The Morgan fingerprint density at radius 1 is 1.07 bits per heavy atom. The molecule has 2 aromatic carbocycles. The SMILES string of the molecule is O=S(=O)(Nc1nccs1)c1ccc(NC(=S)NCCc2ccccc2)cc1. The molecule has 0 saturated heterocycles. The number of hydrogen-bond donors (Lipinski definition) is 3. The lowest BCUT2D eigenvalue weighted by molar-refractivity contribution is 0.601. The normalized spacial score (nSPS) is 11.0. The van der Waals surface area contributed by atoms with Crippen LogP contribution in [0.3, 0.4) is 0 Å². The van der Waals surface area contributed by atoms with E-state index in [9.17, 15) is 8.42 Å². The summed E-state index contributed by atoms with van der Waals surface area (Å²) in [5, 5.41) is 8.71. The van der Waals surface area contributed by atoms with Crippen molar-refractivity contribution in [2.45, 2.75) is 11.3 Å². The van der Waals surface area contributed by atoms with Crippen molar-refractivity contribution in [3.05, 3.63) is 71.7 Å². The van der Waals surface area contributed by atoms with E-state index < -0.39 is 10.0 Å². The molecule has 0 bridgehead atoms. The molecule has 27 heavy (non-hydrogen) atoms. The molecule has 9 heteroatoms. The van der Waals surface area contributed by atoms with E-state index in [-0.39, 0.29) is 4.90 Å². The van der Waals surface area contributed by atoms with Gasteiger partial charge in [-0.15, -0.1) is 11.3 Å². The maximum atomic E-state index is 12.3. The molecule has 0 atom stereocenters. The van der Waals surface area contributed by atoms with Gasteiger partial charge in [-0.1, -0.05) is 30.3 Å². The fourth-order valence-corrected chi connectivity index (χ4v) is 4.31. The second-order valence-corrected chi connectivity index (χ2v) is 8.57. The Morgan fingerprint density at radius 2 is 1.81 bits per heavy atom. The maximum absolute atomic E-state index is 12.3. The molecule has 3 aromatic rings. The van der Waals surface area contributed by atoms with Gasteiger partial charge >= 0.3 is 0 Å². The molecule has 0 aliphatic heterocycles. The summed E-state index contributed by atoms with van der Waals surface area (Å²) >= 11 is 6.50. The number of sulfonamides is 1. The highest BCUT2D eigenvalue weighted by molar-refractivity contribution is 7.93. The quantitative estimate of drug-likeness (QED) is 0.510. The van der Waals surface area contributed by atoms with Crippen LogP contribution in [0.25, 0.3) is 0 Å². The van der Waals surface area contributed by atoms with E-state index in [0.29, 0.717) is 22.5 Å². The molecule has 3 rings (SSSR count). The number of nitrogens with one attached hydrogen (secondary N) is 3. The molecule has 0 radical (unpaired) electrons. The molecular formula is C18H18N4O2S3. The van der Waals surface area contributed by atoms with Crippen LogP contribution >= 0.6 is 23.6 Å². The number of nitrogens with zero attached hydrogens (tertiary/aromatic N) is 1. The van der Waals surface area contributed by atoms with E-state index in [1.54, 1.807) is 23.7 Å². The van der Waals surface area contributed by atoms with Gasteiger partial charge in [0.25, 0.3) is 10.0 Å². The molecule has 3 N–H and O–H groups in total. The van der Waals surface area contributed by atoms with Crippen molar-refractivity contribution < 1.29 is 8.42 Å². The third-order valence-electron chi connectivity index (χ3n) is 3.62. The third kappa shape index (κ3) is 5.75. The Bertz CT molecular complexity index is 973. The zero-order valence-electron chi connectivity index (χ0n) is 14.3. The second-order valence-electron chi connectivity index (χ2n) is 5.58. The monoisotopic (exact) mass is 418 g/mol. The topological polar surface area (TPSA) is 83.1 Å². The molecule has 0 saturated carbocycles. The Hall–Kier alpha value is -2.49. The van der Waals surface area contributed by atoms with Gasteiger partial charge in [-0.25, -0.2) is 13.4 Å². The molecule has 6 nitrogen and oxygen atoms in total. The molecule has 0 amide bonds. The second kappa shape index (κ2) is 8.94. The van der Waals surface area contributed by atoms with Crippen LogP contribution in [0.1, 0.15) is 5.56 Å². The van der Waals surface area contributed by atoms with Gasteiger partial charge in [-0.2, -0.15) is 0 Å². The van der Waals surface area contributed by atoms with E-state index in [2.05, 4.69) is 32.5 Å². The van der Waals surface area contributed by atoms with E-state index in [1.807, 2.05) is 18.2 Å². The molecule has 1 aromatic heterocycles. The van der Waals surface area contributed by atoms with Gasteiger partial charge in [0.2, 0.25) is 0 Å². The average molecular weight is 419 g/mol. The number of benzene rings is 2. The number of rotatable bonds is 7. The van der Waals surface area contributed by atoms with Crippen molar-refractivity contribution in [1.82, 2.24) is 10.3 Å². The molecule has 1 heterocycles. The van der Waals surface area contributed by atoms with Gasteiger partial charge in [-0.05, 0) is 48.5 Å². The fourth-order valence-electron chi connectivity index (χ4n) is 2.31. The zero-order valence-corrected chi connectivity index (χ0v) is 16.7. The van der Waals surface area contributed by atoms with Crippen molar-refractivity contribution in [3.63, 3.8) is 0 Å². The van der Waals surface area contributed by atoms with Crippen LogP contribution in [-0.2, 0) is 16.4 Å². The summed E-state index contributed by atoms with van der Waals surface area (Å²) in [6.45, 7) is 0.708. The third-order valence-corrected chi connectivity index (χ3v) is 6.04. The van der Waals surface area contributed by atoms with Gasteiger partial charge < -0.3 is 10.6 Å². The summed E-state index contributed by atoms with van der Waals surface area (Å²) in [6.07, 6.45) is 2.41. The van der Waals surface area contributed by atoms with Crippen molar-refractivity contribution in [2.75, 3.05) is 16.6 Å².